The summed E-state index contributed by atoms with van der Waals surface area (Å²) in [6.07, 6.45) is 0.879. The number of aromatic amines is 1. The van der Waals surface area contributed by atoms with Crippen LogP contribution in [0.4, 0.5) is 5.69 Å². The van der Waals surface area contributed by atoms with Crippen LogP contribution in [0.15, 0.2) is 40.3 Å². The summed E-state index contributed by atoms with van der Waals surface area (Å²) in [5, 5.41) is 0.500. The maximum atomic E-state index is 12.7. The van der Waals surface area contributed by atoms with Crippen molar-refractivity contribution in [1.29, 1.82) is 0 Å². The van der Waals surface area contributed by atoms with Gasteiger partial charge >= 0.3 is 0 Å². The molecule has 0 aliphatic carbocycles. The number of hydrogen-bond donors (Lipinski definition) is 1. The minimum atomic E-state index is -0.177. The number of nitrogens with one attached hydrogen (secondary N) is 1. The molecule has 1 aliphatic rings. The van der Waals surface area contributed by atoms with E-state index in [1.165, 1.54) is 23.4 Å². The number of para-hydroxylation sites is 1. The van der Waals surface area contributed by atoms with Crippen LogP contribution in [0, 0.1) is 0 Å². The van der Waals surface area contributed by atoms with Gasteiger partial charge in [-0.2, -0.15) is 0 Å². The maximum absolute atomic E-state index is 12.7. The van der Waals surface area contributed by atoms with Gasteiger partial charge < -0.3 is 9.88 Å². The fourth-order valence-electron chi connectivity index (χ4n) is 2.96. The molecule has 1 unspecified atom stereocenters. The zero-order valence-electron chi connectivity index (χ0n) is 14.1. The molecule has 1 amide bonds. The van der Waals surface area contributed by atoms with Crippen LogP contribution in [0.3, 0.4) is 0 Å². The van der Waals surface area contributed by atoms with E-state index < -0.39 is 0 Å². The largest absolute Gasteiger partial charge is 0.308 e. The Morgan fingerprint density at radius 3 is 2.92 bits per heavy atom. The zero-order chi connectivity index (χ0) is 17.3. The molecule has 1 aromatic heterocycles. The lowest BCUT2D eigenvalue weighted by atomic mass is 10.1. The number of thioether (sulfide) groups is 1. The molecule has 1 N–H and O–H groups in total. The highest BCUT2D eigenvalue weighted by atomic mass is 32.2. The average Bonchev–Trinajstić information content (AvgIpc) is 2.88. The van der Waals surface area contributed by atoms with Gasteiger partial charge in [0.25, 0.3) is 5.56 Å². The maximum Gasteiger partial charge on any atom is 0.251 e. The van der Waals surface area contributed by atoms with Gasteiger partial charge in [-0.25, -0.2) is 4.98 Å². The van der Waals surface area contributed by atoms with Gasteiger partial charge in [-0.3, -0.25) is 9.59 Å². The molecule has 2 aromatic rings. The lowest BCUT2D eigenvalue weighted by Crippen LogP contribution is -2.37. The van der Waals surface area contributed by atoms with Crippen molar-refractivity contribution in [2.24, 2.45) is 0 Å². The highest BCUT2D eigenvalue weighted by molar-refractivity contribution is 7.99. The number of nitrogens with zero attached hydrogens (tertiary/aromatic N) is 2. The Morgan fingerprint density at radius 2 is 2.17 bits per heavy atom. The highest BCUT2D eigenvalue weighted by Crippen LogP contribution is 2.32. The smallest absolute Gasteiger partial charge is 0.251 e. The molecule has 24 heavy (non-hydrogen) atoms. The summed E-state index contributed by atoms with van der Waals surface area (Å²) >= 11 is 1.28. The predicted octanol–water partition coefficient (Wildman–Crippen LogP) is 2.96. The van der Waals surface area contributed by atoms with Crippen molar-refractivity contribution in [3.8, 4) is 0 Å². The first-order chi connectivity index (χ1) is 11.5. The number of hydrogen-bond acceptors (Lipinski definition) is 4. The van der Waals surface area contributed by atoms with Crippen LogP contribution in [0.5, 0.6) is 0 Å². The van der Waals surface area contributed by atoms with E-state index in [9.17, 15) is 9.59 Å². The molecule has 2 heterocycles. The first kappa shape index (κ1) is 16.8. The molecule has 0 fully saturated rings. The van der Waals surface area contributed by atoms with Crippen LogP contribution in [0.1, 0.15) is 37.9 Å². The fraction of sp³-hybridized carbons (Fsp3) is 0.389. The second kappa shape index (κ2) is 6.81. The molecule has 5 nitrogen and oxygen atoms in total. The number of anilines is 1. The number of amides is 1. The molecule has 1 aliphatic heterocycles. The number of carbonyl (C=O) groups excluding carboxylic acids is 1. The minimum Gasteiger partial charge on any atom is -0.308 e. The summed E-state index contributed by atoms with van der Waals surface area (Å²) in [6, 6.07) is 9.67. The summed E-state index contributed by atoms with van der Waals surface area (Å²) in [7, 11) is 0. The Bertz CT molecular complexity index is 816. The molecule has 0 saturated carbocycles. The van der Waals surface area contributed by atoms with Crippen LogP contribution < -0.4 is 10.5 Å². The minimum absolute atomic E-state index is 0.0371. The van der Waals surface area contributed by atoms with Crippen LogP contribution in [0.25, 0.3) is 0 Å². The van der Waals surface area contributed by atoms with Gasteiger partial charge in [0.05, 0.1) is 11.4 Å². The second-order valence-electron chi connectivity index (χ2n) is 6.36. The van der Waals surface area contributed by atoms with E-state index in [0.717, 1.165) is 17.8 Å². The number of fused-ring (bicyclic) bond motifs is 1. The van der Waals surface area contributed by atoms with Crippen molar-refractivity contribution in [3.63, 3.8) is 0 Å². The summed E-state index contributed by atoms with van der Waals surface area (Å²) < 4.78 is 0. The summed E-state index contributed by atoms with van der Waals surface area (Å²) in [5.74, 6) is 0.464. The van der Waals surface area contributed by atoms with Crippen LogP contribution >= 0.6 is 11.8 Å². The van der Waals surface area contributed by atoms with Crippen molar-refractivity contribution < 1.29 is 4.79 Å². The van der Waals surface area contributed by atoms with Crippen LogP contribution in [-0.4, -0.2) is 27.7 Å². The molecular weight excluding hydrogens is 322 g/mol. The summed E-state index contributed by atoms with van der Waals surface area (Å²) in [4.78, 5) is 33.4. The van der Waals surface area contributed by atoms with Gasteiger partial charge in [-0.05, 0) is 30.9 Å². The van der Waals surface area contributed by atoms with Crippen LogP contribution in [0.2, 0.25) is 0 Å². The molecular formula is C18H21N3O2S. The van der Waals surface area contributed by atoms with E-state index in [1.54, 1.807) is 0 Å². The molecule has 0 bridgehead atoms. The fourth-order valence-corrected chi connectivity index (χ4v) is 3.70. The monoisotopic (exact) mass is 343 g/mol. The Hall–Kier alpha value is -2.08. The van der Waals surface area contributed by atoms with Crippen molar-refractivity contribution >= 4 is 23.4 Å². The molecule has 6 heteroatoms. The van der Waals surface area contributed by atoms with Gasteiger partial charge in [0.15, 0.2) is 5.16 Å². The molecule has 0 radical (unpaired) electrons. The van der Waals surface area contributed by atoms with Gasteiger partial charge in [-0.15, -0.1) is 0 Å². The third-order valence-electron chi connectivity index (χ3n) is 4.14. The Labute approximate surface area is 145 Å². The Balaban J connectivity index is 1.74. The van der Waals surface area contributed by atoms with E-state index in [1.807, 2.05) is 36.9 Å². The topological polar surface area (TPSA) is 66.1 Å². The first-order valence-electron chi connectivity index (χ1n) is 8.09. The van der Waals surface area contributed by atoms with Gasteiger partial charge in [0.1, 0.15) is 0 Å². The third kappa shape index (κ3) is 3.38. The predicted molar refractivity (Wildman–Crippen MR) is 96.8 cm³/mol. The van der Waals surface area contributed by atoms with E-state index in [0.29, 0.717) is 5.16 Å². The van der Waals surface area contributed by atoms with Crippen molar-refractivity contribution in [2.75, 3.05) is 10.7 Å². The van der Waals surface area contributed by atoms with E-state index in [4.69, 9.17) is 0 Å². The van der Waals surface area contributed by atoms with Gasteiger partial charge in [0, 0.05) is 17.8 Å². The number of aromatic nitrogens is 2. The number of carbonyl (C=O) groups is 1. The lowest BCUT2D eigenvalue weighted by molar-refractivity contribution is -0.116. The molecule has 0 spiro atoms. The number of rotatable bonds is 4. The van der Waals surface area contributed by atoms with Gasteiger partial charge in [0.2, 0.25) is 5.91 Å². The van der Waals surface area contributed by atoms with E-state index in [-0.39, 0.29) is 29.2 Å². The highest BCUT2D eigenvalue weighted by Gasteiger charge is 2.30. The van der Waals surface area contributed by atoms with Crippen molar-refractivity contribution in [3.05, 3.63) is 51.9 Å². The normalized spacial score (nSPS) is 16.5. The first-order valence-corrected chi connectivity index (χ1v) is 9.08. The second-order valence-corrected chi connectivity index (χ2v) is 7.33. The Kier molecular flexibility index (Phi) is 4.76. The lowest BCUT2D eigenvalue weighted by Gasteiger charge is -2.22. The van der Waals surface area contributed by atoms with E-state index in [2.05, 4.69) is 23.0 Å². The molecule has 0 saturated heterocycles. The van der Waals surface area contributed by atoms with Crippen molar-refractivity contribution in [1.82, 2.24) is 9.97 Å². The Morgan fingerprint density at radius 1 is 1.42 bits per heavy atom. The summed E-state index contributed by atoms with van der Waals surface area (Å²) in [5.41, 5.74) is 2.77. The molecule has 126 valence electrons. The van der Waals surface area contributed by atoms with Gasteiger partial charge in [-0.1, -0.05) is 43.8 Å². The molecule has 3 rings (SSSR count). The van der Waals surface area contributed by atoms with Crippen LogP contribution in [-0.2, 0) is 11.2 Å². The average molecular weight is 343 g/mol. The third-order valence-corrected chi connectivity index (χ3v) is 5.00. The number of H-pyrrole nitrogens is 1. The quantitative estimate of drug-likeness (QED) is 0.685. The zero-order valence-corrected chi connectivity index (χ0v) is 14.9. The number of benzene rings is 1. The SMILES string of the molecule is CC(C)c1cc(=O)[nH]c(SCC(=O)N2c3ccccc3CC2C)n1. The standard InChI is InChI=1S/C18H21N3O2S/c1-11(2)14-9-16(22)20-18(19-14)24-10-17(23)21-12(3)8-13-6-4-5-7-15(13)21/h4-7,9,11-12H,8,10H2,1-3H3,(H,19,20,22). The molecule has 1 atom stereocenters. The van der Waals surface area contributed by atoms with E-state index >= 15 is 0 Å². The van der Waals surface area contributed by atoms with Crippen molar-refractivity contribution in [2.45, 2.75) is 44.3 Å². The molecule has 1 aromatic carbocycles. The summed E-state index contributed by atoms with van der Waals surface area (Å²) in [6.45, 7) is 6.04.